The molecular weight excluding hydrogens is 334 g/mol. The summed E-state index contributed by atoms with van der Waals surface area (Å²) in [6.45, 7) is 5.09. The van der Waals surface area contributed by atoms with Crippen LogP contribution in [0.15, 0.2) is 30.3 Å². The highest BCUT2D eigenvalue weighted by molar-refractivity contribution is 6.16. The van der Waals surface area contributed by atoms with Crippen molar-refractivity contribution in [2.24, 2.45) is 23.5 Å². The van der Waals surface area contributed by atoms with Gasteiger partial charge in [0, 0.05) is 12.5 Å². The quantitative estimate of drug-likeness (QED) is 0.489. The largest absolute Gasteiger partial charge is 0.346 e. The molecule has 1 unspecified atom stereocenters. The van der Waals surface area contributed by atoms with Crippen molar-refractivity contribution in [3.8, 4) is 0 Å². The molecule has 1 saturated heterocycles. The van der Waals surface area contributed by atoms with E-state index in [0.29, 0.717) is 0 Å². The molecule has 1 fully saturated rings. The van der Waals surface area contributed by atoms with Gasteiger partial charge in [-0.05, 0) is 11.5 Å². The summed E-state index contributed by atoms with van der Waals surface area (Å²) in [7, 11) is 0. The van der Waals surface area contributed by atoms with Gasteiger partial charge in [-0.25, -0.2) is 0 Å². The molecule has 0 saturated carbocycles. The van der Waals surface area contributed by atoms with Crippen molar-refractivity contribution in [3.63, 3.8) is 0 Å². The van der Waals surface area contributed by atoms with Crippen LogP contribution in [0.25, 0.3) is 0 Å². The number of imide groups is 1. The molecule has 0 aromatic heterocycles. The molecule has 7 nitrogen and oxygen atoms in total. The van der Waals surface area contributed by atoms with Gasteiger partial charge in [0.25, 0.3) is 0 Å². The van der Waals surface area contributed by atoms with Gasteiger partial charge in [-0.2, -0.15) is 0 Å². The highest BCUT2D eigenvalue weighted by Gasteiger charge is 2.46. The number of rotatable bonds is 7. The predicted molar refractivity (Wildman–Crippen MR) is 95.6 cm³/mol. The van der Waals surface area contributed by atoms with Crippen molar-refractivity contribution >= 4 is 23.5 Å². The van der Waals surface area contributed by atoms with E-state index in [1.54, 1.807) is 13.8 Å². The van der Waals surface area contributed by atoms with E-state index in [-0.39, 0.29) is 18.2 Å². The topological polar surface area (TPSA) is 118 Å². The Labute approximate surface area is 152 Å². The number of hydrogen-bond donors (Lipinski definition) is 3. The van der Waals surface area contributed by atoms with Crippen LogP contribution in [0.2, 0.25) is 0 Å². The summed E-state index contributed by atoms with van der Waals surface area (Å²) in [5.41, 5.74) is 6.88. The maximum absolute atomic E-state index is 12.8. The Hall–Kier alpha value is -2.54. The minimum absolute atomic E-state index is 0.0197. The molecule has 1 aliphatic heterocycles. The number of hydrogen-bond acceptors (Lipinski definition) is 5. The summed E-state index contributed by atoms with van der Waals surface area (Å²) in [6.07, 6.45) is 0.0197. The number of nitrogens with two attached hydrogens (primary N) is 1. The van der Waals surface area contributed by atoms with E-state index in [1.165, 1.54) is 6.92 Å². The van der Waals surface area contributed by atoms with Crippen molar-refractivity contribution < 1.29 is 19.2 Å². The van der Waals surface area contributed by atoms with Gasteiger partial charge >= 0.3 is 0 Å². The van der Waals surface area contributed by atoms with Crippen LogP contribution in [0.4, 0.5) is 0 Å². The van der Waals surface area contributed by atoms with E-state index in [2.05, 4.69) is 10.6 Å². The monoisotopic (exact) mass is 359 g/mol. The van der Waals surface area contributed by atoms with Crippen molar-refractivity contribution in [2.45, 2.75) is 39.3 Å². The molecule has 1 aliphatic rings. The van der Waals surface area contributed by atoms with E-state index in [4.69, 9.17) is 5.73 Å². The van der Waals surface area contributed by atoms with Crippen molar-refractivity contribution in [1.29, 1.82) is 0 Å². The van der Waals surface area contributed by atoms with E-state index < -0.39 is 41.5 Å². The first-order valence-corrected chi connectivity index (χ1v) is 8.70. The molecule has 0 bridgehead atoms. The zero-order valence-electron chi connectivity index (χ0n) is 15.2. The fourth-order valence-electron chi connectivity index (χ4n) is 3.08. The van der Waals surface area contributed by atoms with Crippen LogP contribution in [-0.4, -0.2) is 29.5 Å². The first kappa shape index (κ1) is 19.8. The van der Waals surface area contributed by atoms with Gasteiger partial charge in [0.05, 0.1) is 12.0 Å². The molecule has 1 aromatic carbocycles. The van der Waals surface area contributed by atoms with Crippen LogP contribution in [0.3, 0.4) is 0 Å². The van der Waals surface area contributed by atoms with Gasteiger partial charge in [-0.15, -0.1) is 0 Å². The molecule has 0 aliphatic carbocycles. The third-order valence-electron chi connectivity index (χ3n) is 4.67. The Bertz CT molecular complexity index is 702. The second-order valence-electron chi connectivity index (χ2n) is 7.03. The molecule has 26 heavy (non-hydrogen) atoms. The van der Waals surface area contributed by atoms with Crippen LogP contribution < -0.4 is 16.4 Å². The lowest BCUT2D eigenvalue weighted by atomic mass is 9.85. The van der Waals surface area contributed by atoms with Gasteiger partial charge in [0.1, 0.15) is 5.92 Å². The number of carbonyl (C=O) groups excluding carboxylic acids is 4. The van der Waals surface area contributed by atoms with Crippen LogP contribution in [0.1, 0.15) is 38.8 Å². The number of Topliss-reactive ketones (excluding diaryl/α,β-unsaturated/α-hetero) is 1. The van der Waals surface area contributed by atoms with Crippen molar-refractivity contribution in [2.75, 3.05) is 0 Å². The summed E-state index contributed by atoms with van der Waals surface area (Å²) >= 11 is 0. The Morgan fingerprint density at radius 1 is 1.15 bits per heavy atom. The van der Waals surface area contributed by atoms with Crippen molar-refractivity contribution in [3.05, 3.63) is 35.9 Å². The van der Waals surface area contributed by atoms with Gasteiger partial charge in [-0.1, -0.05) is 51.1 Å². The second-order valence-corrected chi connectivity index (χ2v) is 7.03. The smallest absolute Gasteiger partial charge is 0.238 e. The second kappa shape index (κ2) is 8.23. The molecule has 1 aromatic rings. The number of benzene rings is 1. The number of ketones is 1. The minimum atomic E-state index is -1.07. The standard InChI is InChI=1S/C19H25N3O4/c1-10(2)16(17(24)15-11(3)18(25)22-19(15)26)21-14(23)9-13(20)12-7-5-4-6-8-12/h4-8,10-11,13,15-16H,9,20H2,1-3H3,(H,21,23)(H,22,25,26)/t11-,13?,15-,16-/m0/s1. The molecule has 140 valence electrons. The Kier molecular flexibility index (Phi) is 6.26. The summed E-state index contributed by atoms with van der Waals surface area (Å²) in [5.74, 6) is -3.92. The average molecular weight is 359 g/mol. The average Bonchev–Trinajstić information content (AvgIpc) is 2.85. The maximum atomic E-state index is 12.8. The number of carbonyl (C=O) groups is 4. The fourth-order valence-corrected chi connectivity index (χ4v) is 3.08. The third kappa shape index (κ3) is 4.35. The molecule has 4 N–H and O–H groups in total. The van der Waals surface area contributed by atoms with Crippen LogP contribution >= 0.6 is 0 Å². The molecule has 4 atom stereocenters. The van der Waals surface area contributed by atoms with Crippen LogP contribution in [-0.2, 0) is 19.2 Å². The summed E-state index contributed by atoms with van der Waals surface area (Å²) in [6, 6.07) is 7.86. The van der Waals surface area contributed by atoms with E-state index in [0.717, 1.165) is 5.56 Å². The Morgan fingerprint density at radius 3 is 2.27 bits per heavy atom. The van der Waals surface area contributed by atoms with E-state index in [9.17, 15) is 19.2 Å². The molecule has 2 rings (SSSR count). The van der Waals surface area contributed by atoms with Crippen molar-refractivity contribution in [1.82, 2.24) is 10.6 Å². The highest BCUT2D eigenvalue weighted by atomic mass is 16.2. The van der Waals surface area contributed by atoms with Gasteiger partial charge in [-0.3, -0.25) is 24.5 Å². The van der Waals surface area contributed by atoms with E-state index in [1.807, 2.05) is 30.3 Å². The third-order valence-corrected chi connectivity index (χ3v) is 4.67. The molecular formula is C19H25N3O4. The normalized spacial score (nSPS) is 22.0. The predicted octanol–water partition coefficient (Wildman–Crippen LogP) is 0.695. The Balaban J connectivity index is 2.05. The highest BCUT2D eigenvalue weighted by Crippen LogP contribution is 2.23. The van der Waals surface area contributed by atoms with Gasteiger partial charge in [0.2, 0.25) is 17.7 Å². The first-order valence-electron chi connectivity index (χ1n) is 8.70. The minimum Gasteiger partial charge on any atom is -0.346 e. The van der Waals surface area contributed by atoms with Crippen LogP contribution in [0, 0.1) is 17.8 Å². The zero-order chi connectivity index (χ0) is 19.4. The Morgan fingerprint density at radius 2 is 1.77 bits per heavy atom. The summed E-state index contributed by atoms with van der Waals surface area (Å²) < 4.78 is 0. The van der Waals surface area contributed by atoms with Gasteiger partial charge < -0.3 is 11.1 Å². The molecule has 0 radical (unpaired) electrons. The van der Waals surface area contributed by atoms with Crippen LogP contribution in [0.5, 0.6) is 0 Å². The lowest BCUT2D eigenvalue weighted by Crippen LogP contribution is -2.49. The lowest BCUT2D eigenvalue weighted by molar-refractivity contribution is -0.137. The number of amides is 3. The maximum Gasteiger partial charge on any atom is 0.238 e. The summed E-state index contributed by atoms with van der Waals surface area (Å²) in [5, 5.41) is 4.86. The lowest BCUT2D eigenvalue weighted by Gasteiger charge is -2.25. The van der Waals surface area contributed by atoms with E-state index >= 15 is 0 Å². The first-order chi connectivity index (χ1) is 12.2. The SMILES string of the molecule is CC(C)[C@H](NC(=O)CC(N)c1ccccc1)C(=O)[C@H]1C(=O)NC(=O)[C@H]1C. The fraction of sp³-hybridized carbons (Fsp3) is 0.474. The molecule has 1 heterocycles. The van der Waals surface area contributed by atoms with Gasteiger partial charge in [0.15, 0.2) is 5.78 Å². The number of nitrogens with one attached hydrogen (secondary N) is 2. The zero-order valence-corrected chi connectivity index (χ0v) is 15.2. The molecule has 0 spiro atoms. The summed E-state index contributed by atoms with van der Waals surface area (Å²) in [4.78, 5) is 48.7. The molecule has 7 heteroatoms. The molecule has 3 amide bonds.